The molecule has 2 aromatic rings. The highest BCUT2D eigenvalue weighted by Gasteiger charge is 2.18. The molecule has 2 aromatic carbocycles. The van der Waals surface area contributed by atoms with Crippen LogP contribution in [-0.2, 0) is 11.2 Å². The van der Waals surface area contributed by atoms with Gasteiger partial charge >= 0.3 is 6.03 Å². The van der Waals surface area contributed by atoms with Crippen LogP contribution in [0.4, 0.5) is 10.5 Å². The maximum Gasteiger partial charge on any atom is 0.319 e. The van der Waals surface area contributed by atoms with E-state index in [0.717, 1.165) is 38.4 Å². The van der Waals surface area contributed by atoms with E-state index in [-0.39, 0.29) is 6.03 Å². The molecule has 0 saturated carbocycles. The van der Waals surface area contributed by atoms with E-state index in [4.69, 9.17) is 4.74 Å². The van der Waals surface area contributed by atoms with Crippen molar-refractivity contribution < 1.29 is 9.53 Å². The third kappa shape index (κ3) is 5.31. The third-order valence-corrected chi connectivity index (χ3v) is 4.79. The van der Waals surface area contributed by atoms with Crippen LogP contribution in [0.2, 0.25) is 0 Å². The van der Waals surface area contributed by atoms with Crippen molar-refractivity contribution in [1.29, 1.82) is 0 Å². The van der Waals surface area contributed by atoms with Crippen molar-refractivity contribution in [3.05, 3.63) is 65.7 Å². The van der Waals surface area contributed by atoms with Gasteiger partial charge in [-0.2, -0.15) is 0 Å². The molecule has 5 heteroatoms. The van der Waals surface area contributed by atoms with Crippen molar-refractivity contribution in [2.45, 2.75) is 19.4 Å². The van der Waals surface area contributed by atoms with Gasteiger partial charge in [0.1, 0.15) is 0 Å². The van der Waals surface area contributed by atoms with Crippen molar-refractivity contribution in [3.63, 3.8) is 0 Å². The first-order chi connectivity index (χ1) is 12.7. The van der Waals surface area contributed by atoms with Crippen LogP contribution in [0, 0.1) is 0 Å². The normalized spacial score (nSPS) is 16.0. The Kier molecular flexibility index (Phi) is 6.63. The number of hydrogen-bond donors (Lipinski definition) is 2. The van der Waals surface area contributed by atoms with Crippen molar-refractivity contribution >= 4 is 11.7 Å². The molecular formula is C21H27N3O2. The van der Waals surface area contributed by atoms with E-state index in [2.05, 4.69) is 46.7 Å². The first-order valence-corrected chi connectivity index (χ1v) is 9.23. The van der Waals surface area contributed by atoms with Crippen molar-refractivity contribution in [2.24, 2.45) is 0 Å². The number of morpholine rings is 1. The topological polar surface area (TPSA) is 53.6 Å². The Morgan fingerprint density at radius 1 is 1.08 bits per heavy atom. The lowest BCUT2D eigenvalue weighted by Crippen LogP contribution is -2.38. The van der Waals surface area contributed by atoms with Crippen LogP contribution in [0.1, 0.15) is 24.1 Å². The number of nitrogens with one attached hydrogen (secondary N) is 2. The van der Waals surface area contributed by atoms with Gasteiger partial charge in [-0.05, 0) is 36.6 Å². The van der Waals surface area contributed by atoms with E-state index < -0.39 is 0 Å². The first kappa shape index (κ1) is 18.4. The van der Waals surface area contributed by atoms with Gasteiger partial charge in [0.25, 0.3) is 0 Å². The van der Waals surface area contributed by atoms with E-state index in [0.29, 0.717) is 12.6 Å². The lowest BCUT2D eigenvalue weighted by Gasteiger charge is -2.32. The van der Waals surface area contributed by atoms with Gasteiger partial charge in [0.2, 0.25) is 0 Å². The quantitative estimate of drug-likeness (QED) is 0.836. The van der Waals surface area contributed by atoms with E-state index in [1.54, 1.807) is 0 Å². The number of hydrogen-bond acceptors (Lipinski definition) is 3. The van der Waals surface area contributed by atoms with Gasteiger partial charge in [0.15, 0.2) is 0 Å². The largest absolute Gasteiger partial charge is 0.379 e. The second-order valence-electron chi connectivity index (χ2n) is 6.56. The molecule has 0 spiro atoms. The predicted octanol–water partition coefficient (Wildman–Crippen LogP) is 3.44. The van der Waals surface area contributed by atoms with Crippen LogP contribution < -0.4 is 10.6 Å². The Labute approximate surface area is 155 Å². The van der Waals surface area contributed by atoms with Crippen LogP contribution in [-0.4, -0.2) is 43.8 Å². The monoisotopic (exact) mass is 353 g/mol. The highest BCUT2D eigenvalue weighted by molar-refractivity contribution is 5.89. The molecule has 0 aromatic heterocycles. The average Bonchev–Trinajstić information content (AvgIpc) is 2.69. The third-order valence-electron chi connectivity index (χ3n) is 4.79. The summed E-state index contributed by atoms with van der Waals surface area (Å²) >= 11 is 0. The van der Waals surface area contributed by atoms with E-state index in [1.165, 1.54) is 11.1 Å². The number of nitrogens with zero attached hydrogens (tertiary/aromatic N) is 1. The summed E-state index contributed by atoms with van der Waals surface area (Å²) in [6.45, 7) is 6.35. The maximum absolute atomic E-state index is 12.0. The SMILES string of the molecule is C[C@@H](c1ccc(NC(=O)NCCc2ccccc2)cc1)N1CCOCC1. The molecule has 1 atom stereocenters. The zero-order chi connectivity index (χ0) is 18.2. The minimum Gasteiger partial charge on any atom is -0.379 e. The number of anilines is 1. The molecule has 2 amide bonds. The molecule has 0 aliphatic carbocycles. The average molecular weight is 353 g/mol. The zero-order valence-electron chi connectivity index (χ0n) is 15.3. The fourth-order valence-corrected chi connectivity index (χ4v) is 3.16. The summed E-state index contributed by atoms with van der Waals surface area (Å²) in [5.74, 6) is 0. The number of ether oxygens (including phenoxy) is 1. The second-order valence-corrected chi connectivity index (χ2v) is 6.56. The Bertz CT molecular complexity index is 682. The molecule has 1 heterocycles. The van der Waals surface area contributed by atoms with Gasteiger partial charge in [0, 0.05) is 31.4 Å². The Morgan fingerprint density at radius 3 is 2.46 bits per heavy atom. The molecule has 1 aliphatic heterocycles. The van der Waals surface area contributed by atoms with Gasteiger partial charge in [-0.1, -0.05) is 42.5 Å². The van der Waals surface area contributed by atoms with Crippen molar-refractivity contribution in [3.8, 4) is 0 Å². The molecule has 0 radical (unpaired) electrons. The molecule has 26 heavy (non-hydrogen) atoms. The molecule has 5 nitrogen and oxygen atoms in total. The highest BCUT2D eigenvalue weighted by Crippen LogP contribution is 2.22. The first-order valence-electron chi connectivity index (χ1n) is 9.23. The Balaban J connectivity index is 1.45. The molecular weight excluding hydrogens is 326 g/mol. The van der Waals surface area contributed by atoms with Gasteiger partial charge in [-0.25, -0.2) is 4.79 Å². The molecule has 3 rings (SSSR count). The predicted molar refractivity (Wildman–Crippen MR) is 104 cm³/mol. The van der Waals surface area contributed by atoms with Crippen LogP contribution in [0.3, 0.4) is 0 Å². The van der Waals surface area contributed by atoms with Gasteiger partial charge in [0.05, 0.1) is 13.2 Å². The number of benzene rings is 2. The van der Waals surface area contributed by atoms with Crippen LogP contribution in [0.5, 0.6) is 0 Å². The Hall–Kier alpha value is -2.37. The summed E-state index contributed by atoms with van der Waals surface area (Å²) in [7, 11) is 0. The summed E-state index contributed by atoms with van der Waals surface area (Å²) in [6, 6.07) is 18.4. The smallest absolute Gasteiger partial charge is 0.319 e. The molecule has 1 fully saturated rings. The molecule has 1 aliphatic rings. The second kappa shape index (κ2) is 9.36. The summed E-state index contributed by atoms with van der Waals surface area (Å²) in [5.41, 5.74) is 3.27. The van der Waals surface area contributed by atoms with Gasteiger partial charge in [-0.3, -0.25) is 4.90 Å². The van der Waals surface area contributed by atoms with Crippen molar-refractivity contribution in [2.75, 3.05) is 38.2 Å². The number of carbonyl (C=O) groups excluding carboxylic acids is 1. The van der Waals surface area contributed by atoms with Crippen molar-refractivity contribution in [1.82, 2.24) is 10.2 Å². The molecule has 138 valence electrons. The standard InChI is InChI=1S/C21H27N3O2/c1-17(24-13-15-26-16-14-24)19-7-9-20(10-8-19)23-21(25)22-12-11-18-5-3-2-4-6-18/h2-10,17H,11-16H2,1H3,(H2,22,23,25)/t17-/m0/s1. The lowest BCUT2D eigenvalue weighted by atomic mass is 10.1. The fraction of sp³-hybridized carbons (Fsp3) is 0.381. The van der Waals surface area contributed by atoms with Crippen LogP contribution in [0.15, 0.2) is 54.6 Å². The highest BCUT2D eigenvalue weighted by atomic mass is 16.5. The number of rotatable bonds is 6. The minimum atomic E-state index is -0.171. The summed E-state index contributed by atoms with van der Waals surface area (Å²) in [4.78, 5) is 14.4. The molecule has 0 unspecified atom stereocenters. The van der Waals surface area contributed by atoms with E-state index in [1.807, 2.05) is 30.3 Å². The Morgan fingerprint density at radius 2 is 1.77 bits per heavy atom. The zero-order valence-corrected chi connectivity index (χ0v) is 15.3. The lowest BCUT2D eigenvalue weighted by molar-refractivity contribution is 0.0198. The molecule has 1 saturated heterocycles. The van der Waals surface area contributed by atoms with Gasteiger partial charge < -0.3 is 15.4 Å². The number of carbonyl (C=O) groups is 1. The van der Waals surface area contributed by atoms with E-state index >= 15 is 0 Å². The van der Waals surface area contributed by atoms with E-state index in [9.17, 15) is 4.79 Å². The number of amides is 2. The number of urea groups is 1. The summed E-state index contributed by atoms with van der Waals surface area (Å²) in [5, 5.41) is 5.79. The summed E-state index contributed by atoms with van der Waals surface area (Å²) in [6.07, 6.45) is 0.824. The van der Waals surface area contributed by atoms with Gasteiger partial charge in [-0.15, -0.1) is 0 Å². The molecule has 2 N–H and O–H groups in total. The summed E-state index contributed by atoms with van der Waals surface area (Å²) < 4.78 is 5.41. The van der Waals surface area contributed by atoms with Crippen LogP contribution in [0.25, 0.3) is 0 Å². The minimum absolute atomic E-state index is 0.171. The molecule has 0 bridgehead atoms. The van der Waals surface area contributed by atoms with Crippen LogP contribution >= 0.6 is 0 Å². The maximum atomic E-state index is 12.0. The fourth-order valence-electron chi connectivity index (χ4n) is 3.16.